The summed E-state index contributed by atoms with van der Waals surface area (Å²) in [4.78, 5) is 25.7. The molecule has 0 aliphatic rings. The molecule has 0 aromatic carbocycles. The van der Waals surface area contributed by atoms with Crippen molar-refractivity contribution in [3.63, 3.8) is 0 Å². The van der Waals surface area contributed by atoms with Gasteiger partial charge in [0.05, 0.1) is 5.75 Å². The maximum atomic E-state index is 11.5. The molecule has 9 nitrogen and oxygen atoms in total. The Kier molecular flexibility index (Phi) is 3.77. The van der Waals surface area contributed by atoms with Crippen LogP contribution in [0.15, 0.2) is 20.9 Å². The number of carbonyl (C=O) groups is 1. The first-order valence-corrected chi connectivity index (χ1v) is 5.90. The van der Waals surface area contributed by atoms with Gasteiger partial charge in [0, 0.05) is 13.0 Å². The van der Waals surface area contributed by atoms with E-state index in [0.29, 0.717) is 23.9 Å². The third-order valence-electron chi connectivity index (χ3n) is 2.01. The van der Waals surface area contributed by atoms with Gasteiger partial charge in [-0.15, -0.1) is 5.10 Å². The highest BCUT2D eigenvalue weighted by Crippen LogP contribution is 2.12. The molecule has 0 saturated heterocycles. The lowest BCUT2D eigenvalue weighted by Crippen LogP contribution is -2.19. The van der Waals surface area contributed by atoms with E-state index in [1.807, 2.05) is 0 Å². The normalized spacial score (nSPS) is 10.7. The van der Waals surface area contributed by atoms with E-state index in [1.165, 1.54) is 11.0 Å². The van der Waals surface area contributed by atoms with Crippen molar-refractivity contribution in [2.24, 2.45) is 0 Å². The summed E-state index contributed by atoms with van der Waals surface area (Å²) in [6, 6.07) is 0. The van der Waals surface area contributed by atoms with Gasteiger partial charge in [0.1, 0.15) is 0 Å². The zero-order valence-electron chi connectivity index (χ0n) is 9.07. The van der Waals surface area contributed by atoms with Crippen LogP contribution < -0.4 is 5.69 Å². The summed E-state index contributed by atoms with van der Waals surface area (Å²) in [5.74, 6) is -0.663. The Morgan fingerprint density at radius 3 is 3.11 bits per heavy atom. The van der Waals surface area contributed by atoms with Gasteiger partial charge >= 0.3 is 11.7 Å². The van der Waals surface area contributed by atoms with Crippen molar-refractivity contribution in [1.82, 2.24) is 24.9 Å². The Labute approximate surface area is 104 Å². The summed E-state index contributed by atoms with van der Waals surface area (Å²) >= 11 is 0.970. The number of aromatic nitrogens is 5. The maximum Gasteiger partial charge on any atom is 0.343 e. The number of nitrogens with one attached hydrogen (secondary N) is 1. The van der Waals surface area contributed by atoms with E-state index in [2.05, 4.69) is 24.9 Å². The molecule has 2 aromatic heterocycles. The second-order valence-corrected chi connectivity index (χ2v) is 4.19. The number of hydrogen-bond acceptors (Lipinski definition) is 7. The van der Waals surface area contributed by atoms with Gasteiger partial charge in [-0.25, -0.2) is 9.89 Å². The number of aromatic amines is 1. The lowest BCUT2D eigenvalue weighted by molar-refractivity contribution is -0.133. The summed E-state index contributed by atoms with van der Waals surface area (Å²) in [6.07, 6.45) is 1.60. The Balaban J connectivity index is 2.04. The molecule has 18 heavy (non-hydrogen) atoms. The van der Waals surface area contributed by atoms with Crippen molar-refractivity contribution in [3.8, 4) is 0 Å². The summed E-state index contributed by atoms with van der Waals surface area (Å²) < 4.78 is 5.91. The molecule has 0 atom stereocenters. The Morgan fingerprint density at radius 2 is 2.44 bits per heavy atom. The number of aliphatic carboxylic acids is 1. The zero-order valence-corrected chi connectivity index (χ0v) is 9.88. The van der Waals surface area contributed by atoms with Crippen LogP contribution in [0.1, 0.15) is 5.82 Å². The van der Waals surface area contributed by atoms with Crippen molar-refractivity contribution in [1.29, 1.82) is 0 Å². The van der Waals surface area contributed by atoms with E-state index in [-0.39, 0.29) is 5.75 Å². The molecule has 2 rings (SSSR count). The molecular weight excluding hydrogens is 262 g/mol. The number of thioether (sulfide) groups is 1. The minimum absolute atomic E-state index is 0.160. The topological polar surface area (TPSA) is 127 Å². The molecule has 2 N–H and O–H groups in total. The van der Waals surface area contributed by atoms with E-state index in [1.54, 1.807) is 0 Å². The van der Waals surface area contributed by atoms with Crippen LogP contribution in [0.2, 0.25) is 0 Å². The van der Waals surface area contributed by atoms with Gasteiger partial charge < -0.3 is 9.63 Å². The maximum absolute atomic E-state index is 11.5. The molecule has 10 heteroatoms. The minimum atomic E-state index is -0.972. The highest BCUT2D eigenvalue weighted by Gasteiger charge is 2.11. The van der Waals surface area contributed by atoms with Gasteiger partial charge in [0.15, 0.2) is 11.0 Å². The first-order valence-electron chi connectivity index (χ1n) is 4.92. The van der Waals surface area contributed by atoms with E-state index < -0.39 is 11.7 Å². The lowest BCUT2D eigenvalue weighted by Gasteiger charge is -2.01. The summed E-state index contributed by atoms with van der Waals surface area (Å²) in [6.45, 7) is 0.302. The lowest BCUT2D eigenvalue weighted by atomic mass is 10.4. The molecule has 0 amide bonds. The fourth-order valence-electron chi connectivity index (χ4n) is 1.25. The summed E-state index contributed by atoms with van der Waals surface area (Å²) in [7, 11) is 0. The molecule has 2 aromatic rings. The molecule has 0 radical (unpaired) electrons. The molecule has 0 bridgehead atoms. The van der Waals surface area contributed by atoms with Crippen LogP contribution in [-0.4, -0.2) is 41.7 Å². The quantitative estimate of drug-likeness (QED) is 0.665. The zero-order chi connectivity index (χ0) is 13.0. The van der Waals surface area contributed by atoms with Gasteiger partial charge in [-0.05, 0) is 0 Å². The van der Waals surface area contributed by atoms with Crippen LogP contribution in [0.5, 0.6) is 0 Å². The number of carboxylic acid groups (broad SMARTS) is 1. The second kappa shape index (κ2) is 5.49. The molecule has 0 fully saturated rings. The standard InChI is InChI=1S/C8H9N5O4S/c14-6(15)3-18-8-11-10-7(16)13(8)2-1-5-9-4-17-12-5/h4H,1-3H2,(H,10,16)(H,14,15). The van der Waals surface area contributed by atoms with E-state index in [0.717, 1.165) is 11.8 Å². The molecule has 0 unspecified atom stereocenters. The monoisotopic (exact) mass is 271 g/mol. The van der Waals surface area contributed by atoms with Crippen LogP contribution >= 0.6 is 11.8 Å². The van der Waals surface area contributed by atoms with Crippen molar-refractivity contribution >= 4 is 17.7 Å². The van der Waals surface area contributed by atoms with Gasteiger partial charge in [0.25, 0.3) is 0 Å². The third kappa shape index (κ3) is 2.97. The molecule has 0 spiro atoms. The summed E-state index contributed by atoms with van der Waals surface area (Å²) in [5, 5.41) is 18.5. The molecule has 0 saturated carbocycles. The van der Waals surface area contributed by atoms with Crippen LogP contribution in [-0.2, 0) is 17.8 Å². The average molecular weight is 271 g/mol. The van der Waals surface area contributed by atoms with Crippen molar-refractivity contribution in [3.05, 3.63) is 22.7 Å². The van der Waals surface area contributed by atoms with E-state index >= 15 is 0 Å². The predicted molar refractivity (Wildman–Crippen MR) is 59.2 cm³/mol. The van der Waals surface area contributed by atoms with Gasteiger partial charge in [-0.1, -0.05) is 16.9 Å². The van der Waals surface area contributed by atoms with Crippen molar-refractivity contribution in [2.75, 3.05) is 5.75 Å². The van der Waals surface area contributed by atoms with Crippen LogP contribution in [0.3, 0.4) is 0 Å². The largest absolute Gasteiger partial charge is 0.481 e. The van der Waals surface area contributed by atoms with Crippen molar-refractivity contribution in [2.45, 2.75) is 18.1 Å². The highest BCUT2D eigenvalue weighted by molar-refractivity contribution is 7.99. The fraction of sp³-hybridized carbons (Fsp3) is 0.375. The molecule has 96 valence electrons. The molecule has 0 aliphatic heterocycles. The van der Waals surface area contributed by atoms with Crippen LogP contribution in [0.25, 0.3) is 0 Å². The molecular formula is C8H9N5O4S. The van der Waals surface area contributed by atoms with Crippen LogP contribution in [0.4, 0.5) is 0 Å². The minimum Gasteiger partial charge on any atom is -0.481 e. The van der Waals surface area contributed by atoms with E-state index in [9.17, 15) is 9.59 Å². The van der Waals surface area contributed by atoms with Gasteiger partial charge in [-0.3, -0.25) is 9.36 Å². The second-order valence-electron chi connectivity index (χ2n) is 3.24. The number of aryl methyl sites for hydroxylation is 1. The number of hydrogen-bond donors (Lipinski definition) is 2. The Morgan fingerprint density at radius 1 is 1.61 bits per heavy atom. The Hall–Kier alpha value is -2.10. The number of nitrogens with zero attached hydrogens (tertiary/aromatic N) is 4. The SMILES string of the molecule is O=C(O)CSc1n[nH]c(=O)n1CCc1ncon1. The van der Waals surface area contributed by atoms with E-state index in [4.69, 9.17) is 5.11 Å². The smallest absolute Gasteiger partial charge is 0.343 e. The Bertz CT molecular complexity index is 575. The molecule has 2 heterocycles. The van der Waals surface area contributed by atoms with Crippen LogP contribution in [0, 0.1) is 0 Å². The number of H-pyrrole nitrogens is 1. The first kappa shape index (κ1) is 12.4. The average Bonchev–Trinajstić information content (AvgIpc) is 2.94. The third-order valence-corrected chi connectivity index (χ3v) is 2.98. The molecule has 0 aliphatic carbocycles. The predicted octanol–water partition coefficient (Wildman–Crippen LogP) is -0.626. The number of rotatable bonds is 6. The first-order chi connectivity index (χ1) is 8.66. The fourth-order valence-corrected chi connectivity index (χ4v) is 1.94. The highest BCUT2D eigenvalue weighted by atomic mass is 32.2. The van der Waals surface area contributed by atoms with Crippen molar-refractivity contribution < 1.29 is 14.4 Å². The van der Waals surface area contributed by atoms with Gasteiger partial charge in [-0.2, -0.15) is 4.98 Å². The van der Waals surface area contributed by atoms with Gasteiger partial charge in [0.2, 0.25) is 6.39 Å². The number of carboxylic acids is 1. The summed E-state index contributed by atoms with van der Waals surface area (Å²) in [5.41, 5.74) is -0.397.